The van der Waals surface area contributed by atoms with Crippen molar-refractivity contribution in [2.45, 2.75) is 25.3 Å². The number of nitrogens with zero attached hydrogens (tertiary/aromatic N) is 3. The zero-order chi connectivity index (χ0) is 13.0. The fourth-order valence-electron chi connectivity index (χ4n) is 1.95. The average Bonchev–Trinajstić information content (AvgIpc) is 2.87. The van der Waals surface area contributed by atoms with Gasteiger partial charge in [0.05, 0.1) is 19.4 Å². The molecule has 2 heterocycles. The molecule has 0 N–H and O–H groups in total. The van der Waals surface area contributed by atoms with E-state index in [0.717, 1.165) is 18.5 Å². The Kier molecular flexibility index (Phi) is 4.60. The number of alkyl halides is 1. The van der Waals surface area contributed by atoms with Crippen LogP contribution in [0.1, 0.15) is 24.3 Å². The van der Waals surface area contributed by atoms with Crippen LogP contribution in [0.25, 0.3) is 0 Å². The predicted molar refractivity (Wildman–Crippen MR) is 68.5 cm³/mol. The topological polar surface area (TPSA) is 47.4 Å². The summed E-state index contributed by atoms with van der Waals surface area (Å²) in [5.74, 6) is -0.0592. The first-order valence-electron chi connectivity index (χ1n) is 6.25. The van der Waals surface area contributed by atoms with Crippen molar-refractivity contribution in [2.24, 2.45) is 0 Å². The van der Waals surface area contributed by atoms with E-state index in [1.807, 2.05) is 10.9 Å². The van der Waals surface area contributed by atoms with Crippen LogP contribution in [-0.2, 0) is 16.1 Å². The van der Waals surface area contributed by atoms with Crippen molar-refractivity contribution < 1.29 is 9.53 Å². The number of aromatic nitrogens is 2. The zero-order valence-corrected chi connectivity index (χ0v) is 11.3. The van der Waals surface area contributed by atoms with Crippen molar-refractivity contribution in [3.05, 3.63) is 18.0 Å². The zero-order valence-electron chi connectivity index (χ0n) is 10.5. The van der Waals surface area contributed by atoms with Gasteiger partial charge in [-0.15, -0.1) is 11.6 Å². The van der Waals surface area contributed by atoms with E-state index in [0.29, 0.717) is 26.3 Å². The number of amides is 1. The largest absolute Gasteiger partial charge is 0.378 e. The van der Waals surface area contributed by atoms with Crippen molar-refractivity contribution >= 4 is 17.5 Å². The monoisotopic (exact) mass is 271 g/mol. The van der Waals surface area contributed by atoms with E-state index in [-0.39, 0.29) is 5.91 Å². The van der Waals surface area contributed by atoms with Crippen molar-refractivity contribution in [3.63, 3.8) is 0 Å². The molecule has 6 heteroatoms. The fourth-order valence-corrected chi connectivity index (χ4v) is 2.20. The highest BCUT2D eigenvalue weighted by Gasteiger charge is 2.26. The van der Waals surface area contributed by atoms with Gasteiger partial charge in [-0.25, -0.2) is 0 Å². The van der Waals surface area contributed by atoms with Crippen molar-refractivity contribution in [3.8, 4) is 0 Å². The highest BCUT2D eigenvalue weighted by Crippen LogP contribution is 2.23. The number of aryl methyl sites for hydroxylation is 1. The van der Waals surface area contributed by atoms with Gasteiger partial charge in [-0.05, 0) is 6.42 Å². The number of hydrogen-bond donors (Lipinski definition) is 0. The Hall–Kier alpha value is -1.07. The van der Waals surface area contributed by atoms with E-state index in [1.54, 1.807) is 11.1 Å². The van der Waals surface area contributed by atoms with Crippen LogP contribution >= 0.6 is 11.6 Å². The van der Waals surface area contributed by atoms with Crippen LogP contribution in [0.2, 0.25) is 0 Å². The number of hydrogen-bond acceptors (Lipinski definition) is 3. The molecule has 0 saturated carbocycles. The summed E-state index contributed by atoms with van der Waals surface area (Å²) in [6.07, 6.45) is 4.52. The molecule has 1 aromatic heterocycles. The quantitative estimate of drug-likeness (QED) is 0.779. The smallest absolute Gasteiger partial charge is 0.245 e. The van der Waals surface area contributed by atoms with Gasteiger partial charge in [0.15, 0.2) is 0 Å². The molecule has 1 aliphatic heterocycles. The normalized spacial score (nSPS) is 17.8. The minimum atomic E-state index is -0.645. The first-order chi connectivity index (χ1) is 8.72. The maximum absolute atomic E-state index is 12.2. The van der Waals surface area contributed by atoms with E-state index in [1.165, 1.54) is 0 Å². The SMILES string of the molecule is CCCn1cc(C(Cl)C(=O)N2CCOCC2)cn1. The lowest BCUT2D eigenvalue weighted by Crippen LogP contribution is -2.42. The minimum Gasteiger partial charge on any atom is -0.378 e. The Morgan fingerprint density at radius 2 is 2.28 bits per heavy atom. The number of morpholine rings is 1. The third kappa shape index (κ3) is 3.03. The molecule has 1 atom stereocenters. The first-order valence-corrected chi connectivity index (χ1v) is 6.69. The van der Waals surface area contributed by atoms with Crippen molar-refractivity contribution in [1.29, 1.82) is 0 Å². The molecule has 0 spiro atoms. The molecule has 0 bridgehead atoms. The lowest BCUT2D eigenvalue weighted by molar-refractivity contribution is -0.134. The van der Waals surface area contributed by atoms with Crippen molar-refractivity contribution in [2.75, 3.05) is 26.3 Å². The summed E-state index contributed by atoms with van der Waals surface area (Å²) in [6, 6.07) is 0. The van der Waals surface area contributed by atoms with E-state index in [4.69, 9.17) is 16.3 Å². The number of halogens is 1. The lowest BCUT2D eigenvalue weighted by Gasteiger charge is -2.28. The Balaban J connectivity index is 2.00. The summed E-state index contributed by atoms with van der Waals surface area (Å²) in [5, 5.41) is 3.55. The molecule has 1 aliphatic rings. The summed E-state index contributed by atoms with van der Waals surface area (Å²) >= 11 is 6.22. The molecule has 18 heavy (non-hydrogen) atoms. The van der Waals surface area contributed by atoms with Gasteiger partial charge in [0.2, 0.25) is 5.91 Å². The summed E-state index contributed by atoms with van der Waals surface area (Å²) in [5.41, 5.74) is 0.765. The standard InChI is InChI=1S/C12H18ClN3O2/c1-2-3-16-9-10(8-14-16)11(13)12(17)15-4-6-18-7-5-15/h8-9,11H,2-7H2,1H3. The molecule has 1 saturated heterocycles. The molecular formula is C12H18ClN3O2. The Labute approximate surface area is 112 Å². The van der Waals surface area contributed by atoms with Gasteiger partial charge in [0.25, 0.3) is 0 Å². The first kappa shape index (κ1) is 13.4. The number of carbonyl (C=O) groups is 1. The van der Waals surface area contributed by atoms with Crippen molar-refractivity contribution in [1.82, 2.24) is 14.7 Å². The highest BCUT2D eigenvalue weighted by molar-refractivity contribution is 6.30. The second-order valence-corrected chi connectivity index (χ2v) is 4.77. The van der Waals surface area contributed by atoms with Crippen LogP contribution in [-0.4, -0.2) is 46.9 Å². The molecule has 0 aromatic carbocycles. The van der Waals surface area contributed by atoms with Crippen LogP contribution in [0, 0.1) is 0 Å². The third-order valence-corrected chi connectivity index (χ3v) is 3.38. The van der Waals surface area contributed by atoms with Crippen LogP contribution in [0.4, 0.5) is 0 Å². The molecule has 0 aliphatic carbocycles. The fraction of sp³-hybridized carbons (Fsp3) is 0.667. The Morgan fingerprint density at radius 3 is 2.94 bits per heavy atom. The minimum absolute atomic E-state index is 0.0592. The molecule has 0 radical (unpaired) electrons. The molecule has 1 unspecified atom stereocenters. The van der Waals surface area contributed by atoms with Gasteiger partial charge in [-0.1, -0.05) is 6.92 Å². The lowest BCUT2D eigenvalue weighted by atomic mass is 10.2. The summed E-state index contributed by atoms with van der Waals surface area (Å²) in [4.78, 5) is 13.9. The van der Waals surface area contributed by atoms with Crippen LogP contribution in [0.3, 0.4) is 0 Å². The summed E-state index contributed by atoms with van der Waals surface area (Å²) in [6.45, 7) is 5.33. The molecule has 2 rings (SSSR count). The van der Waals surface area contributed by atoms with Gasteiger partial charge < -0.3 is 9.64 Å². The third-order valence-electron chi connectivity index (χ3n) is 2.94. The number of ether oxygens (including phenoxy) is 1. The summed E-state index contributed by atoms with van der Waals surface area (Å²) < 4.78 is 7.03. The maximum atomic E-state index is 12.2. The second kappa shape index (κ2) is 6.20. The molecule has 100 valence electrons. The molecule has 1 fully saturated rings. The van der Waals surface area contributed by atoms with Gasteiger partial charge in [0.1, 0.15) is 5.38 Å². The Bertz CT molecular complexity index is 402. The van der Waals surface area contributed by atoms with Gasteiger partial charge in [-0.2, -0.15) is 5.10 Å². The maximum Gasteiger partial charge on any atom is 0.245 e. The van der Waals surface area contributed by atoms with Gasteiger partial charge >= 0.3 is 0 Å². The second-order valence-electron chi connectivity index (χ2n) is 4.34. The van der Waals surface area contributed by atoms with Crippen LogP contribution < -0.4 is 0 Å². The van der Waals surface area contributed by atoms with Crippen LogP contribution in [0.5, 0.6) is 0 Å². The Morgan fingerprint density at radius 1 is 1.56 bits per heavy atom. The van der Waals surface area contributed by atoms with Gasteiger partial charge in [-0.3, -0.25) is 9.48 Å². The average molecular weight is 272 g/mol. The molecule has 5 nitrogen and oxygen atoms in total. The molecule has 1 aromatic rings. The molecular weight excluding hydrogens is 254 g/mol. The number of carbonyl (C=O) groups excluding carboxylic acids is 1. The summed E-state index contributed by atoms with van der Waals surface area (Å²) in [7, 11) is 0. The van der Waals surface area contributed by atoms with E-state index in [2.05, 4.69) is 12.0 Å². The van der Waals surface area contributed by atoms with E-state index in [9.17, 15) is 4.79 Å². The predicted octanol–water partition coefficient (Wildman–Crippen LogP) is 1.43. The van der Waals surface area contributed by atoms with E-state index < -0.39 is 5.38 Å². The highest BCUT2D eigenvalue weighted by atomic mass is 35.5. The van der Waals surface area contributed by atoms with Crippen LogP contribution in [0.15, 0.2) is 12.4 Å². The van der Waals surface area contributed by atoms with E-state index >= 15 is 0 Å². The molecule has 1 amide bonds. The van der Waals surface area contributed by atoms with Gasteiger partial charge in [0, 0.05) is 31.4 Å². The number of rotatable bonds is 4.